The maximum Gasteiger partial charge on any atom is 0.416 e. The fourth-order valence-electron chi connectivity index (χ4n) is 2.53. The highest BCUT2D eigenvalue weighted by Gasteiger charge is 2.30. The normalized spacial score (nSPS) is 20.2. The molecule has 2 atom stereocenters. The van der Waals surface area contributed by atoms with Crippen LogP contribution in [-0.2, 0) is 12.8 Å². The van der Waals surface area contributed by atoms with Crippen LogP contribution in [-0.4, -0.2) is 46.4 Å². The van der Waals surface area contributed by atoms with E-state index >= 15 is 0 Å². The van der Waals surface area contributed by atoms with Gasteiger partial charge in [0, 0.05) is 13.1 Å². The summed E-state index contributed by atoms with van der Waals surface area (Å²) in [4.78, 5) is 12.1. The van der Waals surface area contributed by atoms with Crippen LogP contribution >= 0.6 is 0 Å². The molecule has 7 nitrogen and oxygen atoms in total. The second-order valence-electron chi connectivity index (χ2n) is 5.90. The van der Waals surface area contributed by atoms with Crippen molar-refractivity contribution < 1.29 is 27.8 Å². The molecular weight excluding hydrogens is 353 g/mol. The molecule has 0 unspecified atom stereocenters. The number of amides is 1. The number of alkyl halides is 3. The number of aliphatic hydroxyl groups excluding tert-OH is 1. The van der Waals surface area contributed by atoms with Crippen LogP contribution < -0.4 is 15.4 Å². The van der Waals surface area contributed by atoms with Crippen LogP contribution in [0.4, 0.5) is 13.2 Å². The Kier molecular flexibility index (Phi) is 5.14. The first-order valence-electron chi connectivity index (χ1n) is 7.87. The molecule has 0 aliphatic carbocycles. The molecule has 1 aliphatic rings. The van der Waals surface area contributed by atoms with Gasteiger partial charge >= 0.3 is 6.18 Å². The Labute approximate surface area is 146 Å². The number of aliphatic hydroxyl groups is 1. The van der Waals surface area contributed by atoms with E-state index in [1.165, 1.54) is 18.2 Å². The molecule has 4 N–H and O–H groups in total. The molecule has 1 aliphatic heterocycles. The maximum atomic E-state index is 12.7. The van der Waals surface area contributed by atoms with Gasteiger partial charge in [0.25, 0.3) is 5.91 Å². The zero-order valence-electron chi connectivity index (χ0n) is 13.5. The van der Waals surface area contributed by atoms with Gasteiger partial charge in [0.2, 0.25) is 0 Å². The molecule has 0 bridgehead atoms. The smallest absolute Gasteiger partial charge is 0.416 e. The third-order valence-electron chi connectivity index (χ3n) is 3.92. The molecule has 10 heteroatoms. The average Bonchev–Trinajstić information content (AvgIpc) is 3.22. The van der Waals surface area contributed by atoms with Crippen molar-refractivity contribution in [3.63, 3.8) is 0 Å². The molecule has 26 heavy (non-hydrogen) atoms. The lowest BCUT2D eigenvalue weighted by atomic mass is 10.2. The summed E-state index contributed by atoms with van der Waals surface area (Å²) in [6.45, 7) is 0.791. The fraction of sp³-hybridized carbons (Fsp3) is 0.375. The summed E-state index contributed by atoms with van der Waals surface area (Å²) in [5, 5.41) is 21.7. The van der Waals surface area contributed by atoms with E-state index in [2.05, 4.69) is 20.8 Å². The van der Waals surface area contributed by atoms with E-state index < -0.39 is 29.8 Å². The van der Waals surface area contributed by atoms with E-state index in [4.69, 9.17) is 4.74 Å². The van der Waals surface area contributed by atoms with Crippen LogP contribution in [0.15, 0.2) is 30.3 Å². The van der Waals surface area contributed by atoms with Crippen LogP contribution in [0.5, 0.6) is 5.75 Å². The van der Waals surface area contributed by atoms with Crippen LogP contribution in [0, 0.1) is 0 Å². The third kappa shape index (κ3) is 4.33. The van der Waals surface area contributed by atoms with E-state index in [9.17, 15) is 23.1 Å². The minimum absolute atomic E-state index is 0.0561. The number of hydrogen-bond acceptors (Lipinski definition) is 5. The summed E-state index contributed by atoms with van der Waals surface area (Å²) >= 11 is 0. The first-order chi connectivity index (χ1) is 12.3. The second kappa shape index (κ2) is 7.34. The second-order valence-corrected chi connectivity index (χ2v) is 5.90. The molecule has 3 rings (SSSR count). The molecule has 0 spiro atoms. The molecule has 2 heterocycles. The van der Waals surface area contributed by atoms with E-state index in [0.29, 0.717) is 18.8 Å². The lowest BCUT2D eigenvalue weighted by molar-refractivity contribution is -0.137. The number of hydrogen-bond donors (Lipinski definition) is 4. The van der Waals surface area contributed by atoms with Crippen molar-refractivity contribution in [3.05, 3.63) is 47.3 Å². The number of halogens is 3. The van der Waals surface area contributed by atoms with E-state index in [1.807, 2.05) is 0 Å². The zero-order chi connectivity index (χ0) is 18.7. The van der Waals surface area contributed by atoms with Crippen LogP contribution in [0.1, 0.15) is 21.7 Å². The van der Waals surface area contributed by atoms with Gasteiger partial charge in [-0.1, -0.05) is 6.07 Å². The highest BCUT2D eigenvalue weighted by molar-refractivity contribution is 5.92. The first kappa shape index (κ1) is 18.2. The van der Waals surface area contributed by atoms with Gasteiger partial charge in [-0.15, -0.1) is 0 Å². The number of aromatic nitrogens is 2. The molecule has 1 fully saturated rings. The predicted molar refractivity (Wildman–Crippen MR) is 84.5 cm³/mol. The standard InChI is InChI=1S/C16H17F3N4O3/c17-16(18,19)9-2-1-3-11(4-9)26-8-10-5-12(23-22-10)15(25)21-13-6-20-7-14(13)24/h1-5,13-14,20,24H,6-8H2,(H,21,25)(H,22,23)/t13-,14-/m1/s1. The SMILES string of the molecule is O=C(N[C@@H]1CNC[C@H]1O)c1cc(COc2cccc(C(F)(F)F)c2)[nH]n1. The fourth-order valence-corrected chi connectivity index (χ4v) is 2.53. The summed E-state index contributed by atoms with van der Waals surface area (Å²) in [5.41, 5.74) is -0.271. The average molecular weight is 370 g/mol. The Hall–Kier alpha value is -2.59. The molecule has 140 valence electrons. The summed E-state index contributed by atoms with van der Waals surface area (Å²) < 4.78 is 43.4. The number of aromatic amines is 1. The quantitative estimate of drug-likeness (QED) is 0.631. The minimum atomic E-state index is -4.45. The predicted octanol–water partition coefficient (Wildman–Crippen LogP) is 1.07. The van der Waals surface area contributed by atoms with E-state index in [1.54, 1.807) is 0 Å². The van der Waals surface area contributed by atoms with Gasteiger partial charge in [-0.05, 0) is 24.3 Å². The number of rotatable bonds is 5. The number of H-pyrrole nitrogens is 1. The largest absolute Gasteiger partial charge is 0.487 e. The molecule has 1 aromatic carbocycles. The van der Waals surface area contributed by atoms with E-state index in [0.717, 1.165) is 12.1 Å². The number of ether oxygens (including phenoxy) is 1. The molecule has 1 saturated heterocycles. The third-order valence-corrected chi connectivity index (χ3v) is 3.92. The maximum absolute atomic E-state index is 12.7. The molecule has 2 aromatic rings. The van der Waals surface area contributed by atoms with Gasteiger partial charge in [-0.2, -0.15) is 18.3 Å². The number of nitrogens with zero attached hydrogens (tertiary/aromatic N) is 1. The van der Waals surface area contributed by atoms with Gasteiger partial charge in [0.15, 0.2) is 0 Å². The Balaban J connectivity index is 1.58. The molecule has 0 radical (unpaired) electrons. The highest BCUT2D eigenvalue weighted by Crippen LogP contribution is 2.31. The van der Waals surface area contributed by atoms with Crippen molar-refractivity contribution >= 4 is 5.91 Å². The Bertz CT molecular complexity index is 778. The molecule has 1 amide bonds. The van der Waals surface area contributed by atoms with Crippen molar-refractivity contribution in [2.75, 3.05) is 13.1 Å². The van der Waals surface area contributed by atoms with Gasteiger partial charge < -0.3 is 20.5 Å². The van der Waals surface area contributed by atoms with Crippen molar-refractivity contribution in [2.45, 2.75) is 24.9 Å². The van der Waals surface area contributed by atoms with Crippen LogP contribution in [0.2, 0.25) is 0 Å². The number of benzene rings is 1. The highest BCUT2D eigenvalue weighted by atomic mass is 19.4. The summed E-state index contributed by atoms with van der Waals surface area (Å²) in [5.74, 6) is -0.403. The lowest BCUT2D eigenvalue weighted by Gasteiger charge is -2.14. The Morgan fingerprint density at radius 2 is 2.15 bits per heavy atom. The number of β-amino-alcohol motifs (C(OH)–C–C–N with tert-alkyl or cyclic N) is 1. The number of nitrogens with one attached hydrogen (secondary N) is 3. The Morgan fingerprint density at radius 3 is 2.85 bits per heavy atom. The van der Waals surface area contributed by atoms with Crippen molar-refractivity contribution in [2.24, 2.45) is 0 Å². The molecule has 1 aromatic heterocycles. The minimum Gasteiger partial charge on any atom is -0.487 e. The van der Waals surface area contributed by atoms with Gasteiger partial charge in [-0.25, -0.2) is 0 Å². The van der Waals surface area contributed by atoms with Crippen molar-refractivity contribution in [3.8, 4) is 5.75 Å². The first-order valence-corrected chi connectivity index (χ1v) is 7.87. The number of carbonyl (C=O) groups is 1. The summed E-state index contributed by atoms with van der Waals surface area (Å²) in [7, 11) is 0. The zero-order valence-corrected chi connectivity index (χ0v) is 13.5. The van der Waals surface area contributed by atoms with Gasteiger partial charge in [0.1, 0.15) is 18.1 Å². The lowest BCUT2D eigenvalue weighted by Crippen LogP contribution is -2.42. The monoisotopic (exact) mass is 370 g/mol. The van der Waals surface area contributed by atoms with Crippen LogP contribution in [0.25, 0.3) is 0 Å². The van der Waals surface area contributed by atoms with Gasteiger partial charge in [-0.3, -0.25) is 9.89 Å². The molecular formula is C16H17F3N4O3. The topological polar surface area (TPSA) is 99.3 Å². The number of carbonyl (C=O) groups excluding carboxylic acids is 1. The molecule has 0 saturated carbocycles. The Morgan fingerprint density at radius 1 is 1.35 bits per heavy atom. The van der Waals surface area contributed by atoms with Crippen LogP contribution in [0.3, 0.4) is 0 Å². The van der Waals surface area contributed by atoms with Crippen molar-refractivity contribution in [1.29, 1.82) is 0 Å². The summed E-state index contributed by atoms with van der Waals surface area (Å²) in [6, 6.07) is 5.57. The van der Waals surface area contributed by atoms with E-state index in [-0.39, 0.29) is 18.1 Å². The van der Waals surface area contributed by atoms with Crippen molar-refractivity contribution in [1.82, 2.24) is 20.8 Å². The van der Waals surface area contributed by atoms with Gasteiger partial charge in [0.05, 0.1) is 23.4 Å². The summed E-state index contributed by atoms with van der Waals surface area (Å²) in [6.07, 6.45) is -5.11.